The Balaban J connectivity index is 1.80. The van der Waals surface area contributed by atoms with Gasteiger partial charge in [0.15, 0.2) is 10.9 Å². The Morgan fingerprint density at radius 3 is 3.04 bits per heavy atom. The van der Waals surface area contributed by atoms with Crippen molar-refractivity contribution in [2.75, 3.05) is 0 Å². The highest BCUT2D eigenvalue weighted by atomic mass is 32.1. The third-order valence-electron chi connectivity index (χ3n) is 4.01. The monoisotopic (exact) mass is 357 g/mol. The van der Waals surface area contributed by atoms with E-state index in [2.05, 4.69) is 20.8 Å². The van der Waals surface area contributed by atoms with E-state index in [4.69, 9.17) is 22.4 Å². The second kappa shape index (κ2) is 7.43. The molecule has 2 aromatic heterocycles. The maximum atomic E-state index is 12.5. The lowest BCUT2D eigenvalue weighted by Gasteiger charge is -2.13. The summed E-state index contributed by atoms with van der Waals surface area (Å²) in [6.45, 7) is 2.25. The number of aromatic nitrogens is 1. The van der Waals surface area contributed by atoms with Gasteiger partial charge in [-0.1, -0.05) is 6.07 Å². The number of hydrazone groups is 1. The number of nitrogens with one attached hydrogen (secondary N) is 2. The van der Waals surface area contributed by atoms with Crippen LogP contribution < -0.4 is 16.5 Å². The fraction of sp³-hybridized carbons (Fsp3) is 0.294. The molecule has 0 radical (unpaired) electrons. The molecule has 0 bridgehead atoms. The molecule has 2 heterocycles. The summed E-state index contributed by atoms with van der Waals surface area (Å²) in [4.78, 5) is 16.5. The molecule has 3 rings (SSSR count). The lowest BCUT2D eigenvalue weighted by Crippen LogP contribution is -2.26. The summed E-state index contributed by atoms with van der Waals surface area (Å²) in [7, 11) is 0. The topological polar surface area (TPSA) is 106 Å². The summed E-state index contributed by atoms with van der Waals surface area (Å²) in [5.74, 6) is 0.843. The van der Waals surface area contributed by atoms with Crippen molar-refractivity contribution in [1.82, 2.24) is 15.7 Å². The van der Waals surface area contributed by atoms with Crippen LogP contribution in [-0.2, 0) is 13.0 Å². The molecule has 0 spiro atoms. The number of carbonyl (C=O) groups excluding carboxylic acids is 1. The first-order chi connectivity index (χ1) is 12.1. The third-order valence-corrected chi connectivity index (χ3v) is 4.10. The number of rotatable bonds is 4. The SMILES string of the molecule is Cc1c(C(=O)NCc2cccnc2)oc2c1/C(=N/NC(N)=S)CCC2. The van der Waals surface area contributed by atoms with E-state index in [-0.39, 0.29) is 11.0 Å². The standard InChI is InChI=1S/C17H19N5O2S/c1-10-14-12(21-22-17(18)25)5-2-6-13(14)24-15(10)16(23)20-9-11-4-3-7-19-8-11/h3-4,7-8H,2,5-6,9H2,1H3,(H,20,23)(H3,18,22,25)/b21-12+. The van der Waals surface area contributed by atoms with Gasteiger partial charge in [0.1, 0.15) is 5.76 Å². The molecule has 4 N–H and O–H groups in total. The lowest BCUT2D eigenvalue weighted by atomic mass is 9.93. The predicted octanol–water partition coefficient (Wildman–Crippen LogP) is 1.79. The van der Waals surface area contributed by atoms with E-state index in [9.17, 15) is 4.79 Å². The molecule has 1 aliphatic carbocycles. The van der Waals surface area contributed by atoms with E-state index in [1.54, 1.807) is 12.4 Å². The molecule has 130 valence electrons. The number of furan rings is 1. The van der Waals surface area contributed by atoms with Crippen LogP contribution in [0.3, 0.4) is 0 Å². The van der Waals surface area contributed by atoms with Crippen molar-refractivity contribution in [1.29, 1.82) is 0 Å². The third kappa shape index (κ3) is 3.85. The molecule has 0 aliphatic heterocycles. The second-order valence-corrected chi connectivity index (χ2v) is 6.23. The number of fused-ring (bicyclic) bond motifs is 1. The van der Waals surface area contributed by atoms with E-state index in [1.165, 1.54) is 0 Å². The molecule has 0 atom stereocenters. The van der Waals surface area contributed by atoms with Crippen molar-refractivity contribution in [2.45, 2.75) is 32.7 Å². The fourth-order valence-electron chi connectivity index (χ4n) is 2.88. The van der Waals surface area contributed by atoms with Crippen LogP contribution in [0.4, 0.5) is 0 Å². The minimum Gasteiger partial charge on any atom is -0.455 e. The maximum absolute atomic E-state index is 12.5. The number of amides is 1. The number of carbonyl (C=O) groups is 1. The van der Waals surface area contributed by atoms with Gasteiger partial charge in [-0.15, -0.1) is 0 Å². The van der Waals surface area contributed by atoms with E-state index < -0.39 is 0 Å². The minimum absolute atomic E-state index is 0.107. The summed E-state index contributed by atoms with van der Waals surface area (Å²) >= 11 is 4.79. The van der Waals surface area contributed by atoms with Gasteiger partial charge in [-0.2, -0.15) is 5.10 Å². The zero-order chi connectivity index (χ0) is 17.8. The molecule has 0 fully saturated rings. The van der Waals surface area contributed by atoms with Gasteiger partial charge in [-0.25, -0.2) is 0 Å². The highest BCUT2D eigenvalue weighted by molar-refractivity contribution is 7.80. The molecule has 0 saturated carbocycles. The molecular formula is C17H19N5O2S. The molecule has 2 aromatic rings. The Morgan fingerprint density at radius 2 is 2.32 bits per heavy atom. The molecule has 8 heteroatoms. The quantitative estimate of drug-likeness (QED) is 0.569. The normalized spacial score (nSPS) is 14.8. The van der Waals surface area contributed by atoms with Gasteiger partial charge >= 0.3 is 0 Å². The summed E-state index contributed by atoms with van der Waals surface area (Å²) in [6, 6.07) is 3.73. The molecule has 0 aromatic carbocycles. The van der Waals surface area contributed by atoms with E-state index in [0.717, 1.165) is 47.4 Å². The molecular weight excluding hydrogens is 338 g/mol. The van der Waals surface area contributed by atoms with Crippen LogP contribution in [0.2, 0.25) is 0 Å². The van der Waals surface area contributed by atoms with Gasteiger partial charge in [0.25, 0.3) is 5.91 Å². The average Bonchev–Trinajstić information content (AvgIpc) is 2.96. The van der Waals surface area contributed by atoms with Gasteiger partial charge in [-0.05, 0) is 43.6 Å². The number of thiocarbonyl (C=S) groups is 1. The lowest BCUT2D eigenvalue weighted by molar-refractivity contribution is 0.0920. The van der Waals surface area contributed by atoms with Crippen LogP contribution in [0.1, 0.15) is 45.8 Å². The first kappa shape index (κ1) is 17.1. The fourth-order valence-corrected chi connectivity index (χ4v) is 2.93. The summed E-state index contributed by atoms with van der Waals surface area (Å²) in [6.07, 6.45) is 5.86. The molecule has 25 heavy (non-hydrogen) atoms. The van der Waals surface area contributed by atoms with E-state index in [0.29, 0.717) is 12.3 Å². The number of hydrogen-bond acceptors (Lipinski definition) is 5. The smallest absolute Gasteiger partial charge is 0.287 e. The zero-order valence-electron chi connectivity index (χ0n) is 13.8. The number of nitrogens with zero attached hydrogens (tertiary/aromatic N) is 2. The Kier molecular flexibility index (Phi) is 5.08. The Labute approximate surface area is 150 Å². The highest BCUT2D eigenvalue weighted by Crippen LogP contribution is 2.29. The summed E-state index contributed by atoms with van der Waals surface area (Å²) in [5.41, 5.74) is 11.4. The van der Waals surface area contributed by atoms with Crippen LogP contribution in [0.25, 0.3) is 0 Å². The van der Waals surface area contributed by atoms with Crippen LogP contribution in [0.5, 0.6) is 0 Å². The van der Waals surface area contributed by atoms with Gasteiger partial charge in [0.05, 0.1) is 5.71 Å². The van der Waals surface area contributed by atoms with Crippen molar-refractivity contribution in [3.05, 3.63) is 52.7 Å². The molecule has 0 unspecified atom stereocenters. The molecule has 7 nitrogen and oxygen atoms in total. The first-order valence-electron chi connectivity index (χ1n) is 7.98. The first-order valence-corrected chi connectivity index (χ1v) is 8.39. The van der Waals surface area contributed by atoms with Gasteiger partial charge in [0.2, 0.25) is 0 Å². The minimum atomic E-state index is -0.252. The van der Waals surface area contributed by atoms with Crippen molar-refractivity contribution >= 4 is 28.9 Å². The number of pyridine rings is 1. The summed E-state index contributed by atoms with van der Waals surface area (Å²) in [5, 5.41) is 7.22. The van der Waals surface area contributed by atoms with Crippen molar-refractivity contribution in [3.8, 4) is 0 Å². The van der Waals surface area contributed by atoms with Crippen LogP contribution >= 0.6 is 12.2 Å². The van der Waals surface area contributed by atoms with Crippen molar-refractivity contribution in [2.24, 2.45) is 10.8 Å². The highest BCUT2D eigenvalue weighted by Gasteiger charge is 2.27. The van der Waals surface area contributed by atoms with E-state index >= 15 is 0 Å². The zero-order valence-corrected chi connectivity index (χ0v) is 14.7. The molecule has 1 amide bonds. The summed E-state index contributed by atoms with van der Waals surface area (Å²) < 4.78 is 5.82. The Hall–Kier alpha value is -2.74. The van der Waals surface area contributed by atoms with Crippen LogP contribution in [0, 0.1) is 6.92 Å². The van der Waals surface area contributed by atoms with E-state index in [1.807, 2.05) is 19.1 Å². The second-order valence-electron chi connectivity index (χ2n) is 5.79. The van der Waals surface area contributed by atoms with Crippen molar-refractivity contribution in [3.63, 3.8) is 0 Å². The van der Waals surface area contributed by atoms with Crippen LogP contribution in [-0.4, -0.2) is 21.7 Å². The van der Waals surface area contributed by atoms with Crippen LogP contribution in [0.15, 0.2) is 34.0 Å². The van der Waals surface area contributed by atoms with Gasteiger partial charge in [0, 0.05) is 36.5 Å². The molecule has 1 aliphatic rings. The largest absolute Gasteiger partial charge is 0.455 e. The average molecular weight is 357 g/mol. The van der Waals surface area contributed by atoms with Crippen molar-refractivity contribution < 1.29 is 9.21 Å². The number of aryl methyl sites for hydroxylation is 1. The number of hydrogen-bond donors (Lipinski definition) is 3. The molecule has 0 saturated heterocycles. The Bertz CT molecular complexity index is 829. The van der Waals surface area contributed by atoms with Gasteiger partial charge in [-0.3, -0.25) is 15.2 Å². The van der Waals surface area contributed by atoms with Gasteiger partial charge < -0.3 is 15.5 Å². The maximum Gasteiger partial charge on any atom is 0.287 e. The predicted molar refractivity (Wildman–Crippen MR) is 98.2 cm³/mol. The number of nitrogens with two attached hydrogens (primary N) is 1. The Morgan fingerprint density at radius 1 is 1.48 bits per heavy atom.